The zero-order chi connectivity index (χ0) is 15.5. The molecule has 1 aliphatic rings. The van der Waals surface area contributed by atoms with Crippen LogP contribution in [0, 0.1) is 11.6 Å². The first-order valence-corrected chi connectivity index (χ1v) is 7.50. The van der Waals surface area contributed by atoms with Gasteiger partial charge in [0.25, 0.3) is 5.91 Å². The average Bonchev–Trinajstić information content (AvgIpc) is 2.84. The van der Waals surface area contributed by atoms with Gasteiger partial charge in [-0.05, 0) is 38.3 Å². The molecule has 0 radical (unpaired) electrons. The van der Waals surface area contributed by atoms with Crippen LogP contribution in [0.2, 0.25) is 0 Å². The fraction of sp³-hybridized carbons (Fsp3) is 0.562. The van der Waals surface area contributed by atoms with E-state index in [0.717, 1.165) is 44.2 Å². The van der Waals surface area contributed by atoms with Crippen molar-refractivity contribution in [3.8, 4) is 0 Å². The van der Waals surface area contributed by atoms with E-state index in [1.54, 1.807) is 0 Å². The summed E-state index contributed by atoms with van der Waals surface area (Å²) in [7, 11) is 0. The topological polar surface area (TPSA) is 41.1 Å². The van der Waals surface area contributed by atoms with Crippen LogP contribution in [-0.2, 0) is 0 Å². The molecule has 0 aromatic heterocycles. The maximum absolute atomic E-state index is 13.9. The molecule has 0 heterocycles. The fourth-order valence-electron chi connectivity index (χ4n) is 2.75. The monoisotopic (exact) mass is 296 g/mol. The summed E-state index contributed by atoms with van der Waals surface area (Å²) < 4.78 is 27.8. The van der Waals surface area contributed by atoms with Crippen molar-refractivity contribution in [3.05, 3.63) is 29.3 Å². The van der Waals surface area contributed by atoms with Gasteiger partial charge in [-0.3, -0.25) is 4.79 Å². The predicted octanol–water partition coefficient (Wildman–Crippen LogP) is 3.85. The molecule has 0 aliphatic heterocycles. The minimum atomic E-state index is -0.731. The molecule has 0 spiro atoms. The van der Waals surface area contributed by atoms with E-state index >= 15 is 0 Å². The van der Waals surface area contributed by atoms with Gasteiger partial charge in [0.05, 0.1) is 0 Å². The zero-order valence-electron chi connectivity index (χ0n) is 12.6. The summed E-state index contributed by atoms with van der Waals surface area (Å²) in [5.41, 5.74) is -0.399. The molecule has 1 aliphatic carbocycles. The van der Waals surface area contributed by atoms with E-state index in [4.69, 9.17) is 0 Å². The summed E-state index contributed by atoms with van der Waals surface area (Å²) in [6.07, 6.45) is 4.71. The Labute approximate surface area is 124 Å². The normalized spacial score (nSPS) is 16.8. The smallest absolute Gasteiger partial charge is 0.251 e. The van der Waals surface area contributed by atoms with Crippen LogP contribution < -0.4 is 10.6 Å². The third-order valence-electron chi connectivity index (χ3n) is 3.98. The zero-order valence-corrected chi connectivity index (χ0v) is 12.6. The van der Waals surface area contributed by atoms with Gasteiger partial charge < -0.3 is 10.6 Å². The molecule has 0 unspecified atom stereocenters. The number of benzene rings is 1. The summed E-state index contributed by atoms with van der Waals surface area (Å²) in [6.45, 7) is 4.37. The van der Waals surface area contributed by atoms with Gasteiger partial charge in [0, 0.05) is 17.6 Å². The van der Waals surface area contributed by atoms with Crippen LogP contribution in [0.4, 0.5) is 14.5 Å². The van der Waals surface area contributed by atoms with Gasteiger partial charge >= 0.3 is 0 Å². The van der Waals surface area contributed by atoms with Crippen LogP contribution in [-0.4, -0.2) is 18.0 Å². The van der Waals surface area contributed by atoms with E-state index in [0.29, 0.717) is 6.54 Å². The standard InChI is InChI=1S/C16H22F2N2O/c1-3-8-19-14-12(17)9-11(10-13(14)18)15(21)20-16(2)6-4-5-7-16/h9-10,19H,3-8H2,1-2H3,(H,20,21). The third-order valence-corrected chi connectivity index (χ3v) is 3.98. The number of carbonyl (C=O) groups excluding carboxylic acids is 1. The molecular formula is C16H22F2N2O. The highest BCUT2D eigenvalue weighted by Crippen LogP contribution is 2.29. The number of amides is 1. The van der Waals surface area contributed by atoms with Crippen LogP contribution in [0.1, 0.15) is 56.3 Å². The van der Waals surface area contributed by atoms with E-state index in [-0.39, 0.29) is 16.8 Å². The van der Waals surface area contributed by atoms with Gasteiger partial charge in [0.2, 0.25) is 0 Å². The lowest BCUT2D eigenvalue weighted by Crippen LogP contribution is -2.43. The molecule has 0 saturated heterocycles. The number of anilines is 1. The van der Waals surface area contributed by atoms with Crippen molar-refractivity contribution in [2.75, 3.05) is 11.9 Å². The van der Waals surface area contributed by atoms with Crippen LogP contribution in [0.5, 0.6) is 0 Å². The van der Waals surface area contributed by atoms with Crippen molar-refractivity contribution >= 4 is 11.6 Å². The Morgan fingerprint density at radius 3 is 2.33 bits per heavy atom. The van der Waals surface area contributed by atoms with Crippen molar-refractivity contribution in [3.63, 3.8) is 0 Å². The largest absolute Gasteiger partial charge is 0.380 e. The first-order valence-electron chi connectivity index (χ1n) is 7.50. The first-order chi connectivity index (χ1) is 9.95. The number of hydrogen-bond donors (Lipinski definition) is 2. The summed E-state index contributed by atoms with van der Waals surface area (Å²) in [4.78, 5) is 12.2. The van der Waals surface area contributed by atoms with Crippen molar-refractivity contribution in [1.29, 1.82) is 0 Å². The molecule has 1 saturated carbocycles. The quantitative estimate of drug-likeness (QED) is 0.866. The van der Waals surface area contributed by atoms with Gasteiger partial charge in [0.15, 0.2) is 0 Å². The lowest BCUT2D eigenvalue weighted by Gasteiger charge is -2.25. The molecule has 5 heteroatoms. The fourth-order valence-corrected chi connectivity index (χ4v) is 2.75. The average molecular weight is 296 g/mol. The van der Waals surface area contributed by atoms with E-state index in [1.165, 1.54) is 0 Å². The van der Waals surface area contributed by atoms with Gasteiger partial charge in [0.1, 0.15) is 17.3 Å². The Hall–Kier alpha value is -1.65. The molecule has 2 N–H and O–H groups in total. The second-order valence-electron chi connectivity index (χ2n) is 5.96. The molecule has 21 heavy (non-hydrogen) atoms. The lowest BCUT2D eigenvalue weighted by atomic mass is 10.00. The highest BCUT2D eigenvalue weighted by atomic mass is 19.1. The molecular weight excluding hydrogens is 274 g/mol. The number of nitrogens with one attached hydrogen (secondary N) is 2. The summed E-state index contributed by atoms with van der Waals surface area (Å²) in [5.74, 6) is -1.88. The van der Waals surface area contributed by atoms with Crippen LogP contribution in [0.3, 0.4) is 0 Å². The SMILES string of the molecule is CCCNc1c(F)cc(C(=O)NC2(C)CCCC2)cc1F. The molecule has 1 fully saturated rings. The predicted molar refractivity (Wildman–Crippen MR) is 79.5 cm³/mol. The Bertz CT molecular complexity index is 502. The number of halogens is 2. The lowest BCUT2D eigenvalue weighted by molar-refractivity contribution is 0.0907. The first kappa shape index (κ1) is 15.7. The highest BCUT2D eigenvalue weighted by Gasteiger charge is 2.30. The van der Waals surface area contributed by atoms with Gasteiger partial charge in [-0.15, -0.1) is 0 Å². The molecule has 1 amide bonds. The third kappa shape index (κ3) is 3.71. The molecule has 0 bridgehead atoms. The maximum Gasteiger partial charge on any atom is 0.251 e. The number of carbonyl (C=O) groups is 1. The van der Waals surface area contributed by atoms with Gasteiger partial charge in [-0.1, -0.05) is 19.8 Å². The molecule has 0 atom stereocenters. The molecule has 2 rings (SSSR count). The Kier molecular flexibility index (Phi) is 4.80. The van der Waals surface area contributed by atoms with Crippen molar-refractivity contribution in [2.45, 2.75) is 51.5 Å². The van der Waals surface area contributed by atoms with Gasteiger partial charge in [-0.2, -0.15) is 0 Å². The molecule has 1 aromatic carbocycles. The van der Waals surface area contributed by atoms with E-state index in [9.17, 15) is 13.6 Å². The molecule has 116 valence electrons. The van der Waals surface area contributed by atoms with Crippen LogP contribution >= 0.6 is 0 Å². The van der Waals surface area contributed by atoms with E-state index < -0.39 is 17.5 Å². The van der Waals surface area contributed by atoms with Crippen molar-refractivity contribution in [2.24, 2.45) is 0 Å². The number of rotatable bonds is 5. The second-order valence-corrected chi connectivity index (χ2v) is 5.96. The minimum absolute atomic E-state index is 0.0279. The minimum Gasteiger partial charge on any atom is -0.380 e. The van der Waals surface area contributed by atoms with Gasteiger partial charge in [-0.25, -0.2) is 8.78 Å². The molecule has 3 nitrogen and oxygen atoms in total. The summed E-state index contributed by atoms with van der Waals surface area (Å²) in [6, 6.07) is 2.18. The van der Waals surface area contributed by atoms with E-state index in [2.05, 4.69) is 10.6 Å². The highest BCUT2D eigenvalue weighted by molar-refractivity contribution is 5.95. The maximum atomic E-state index is 13.9. The number of hydrogen-bond acceptors (Lipinski definition) is 2. The Morgan fingerprint density at radius 1 is 1.24 bits per heavy atom. The van der Waals surface area contributed by atoms with E-state index in [1.807, 2.05) is 13.8 Å². The van der Waals surface area contributed by atoms with Crippen molar-refractivity contribution in [1.82, 2.24) is 5.32 Å². The van der Waals surface area contributed by atoms with Crippen LogP contribution in [0.25, 0.3) is 0 Å². The molecule has 1 aromatic rings. The Balaban J connectivity index is 2.14. The summed E-state index contributed by atoms with van der Waals surface area (Å²) in [5, 5.41) is 5.59. The summed E-state index contributed by atoms with van der Waals surface area (Å²) >= 11 is 0. The Morgan fingerprint density at radius 2 is 1.81 bits per heavy atom. The van der Waals surface area contributed by atoms with Crippen LogP contribution in [0.15, 0.2) is 12.1 Å². The van der Waals surface area contributed by atoms with Crippen molar-refractivity contribution < 1.29 is 13.6 Å². The second kappa shape index (κ2) is 6.41.